The molecule has 8 heteroatoms. The van der Waals surface area contributed by atoms with Gasteiger partial charge in [0.25, 0.3) is 0 Å². The third kappa shape index (κ3) is 3.45. The number of halogens is 1. The van der Waals surface area contributed by atoms with Crippen LogP contribution in [0.15, 0.2) is 48.5 Å². The fraction of sp³-hybridized carbons (Fsp3) is 0.381. The van der Waals surface area contributed by atoms with Gasteiger partial charge >= 0.3 is 0 Å². The summed E-state index contributed by atoms with van der Waals surface area (Å²) in [5.41, 5.74) is 2.76. The SMILES string of the molecule is CCS(=O)(=O)N1CC(=O)N2[C@H](CO)[C@H](c3ccc(-c4ccc(F)cc4)cc3)[C@@H]2C1. The molecule has 0 bridgehead atoms. The van der Waals surface area contributed by atoms with Gasteiger partial charge in [0.2, 0.25) is 15.9 Å². The molecule has 2 saturated heterocycles. The smallest absolute Gasteiger partial charge is 0.238 e. The zero-order valence-corrected chi connectivity index (χ0v) is 16.8. The molecule has 0 saturated carbocycles. The number of benzene rings is 2. The number of aliphatic hydroxyl groups excluding tert-OH is 1. The Bertz CT molecular complexity index is 1010. The van der Waals surface area contributed by atoms with Gasteiger partial charge in [-0.25, -0.2) is 12.8 Å². The van der Waals surface area contributed by atoms with Crippen LogP contribution in [0, 0.1) is 5.82 Å². The van der Waals surface area contributed by atoms with Gasteiger partial charge in [-0.1, -0.05) is 36.4 Å². The van der Waals surface area contributed by atoms with E-state index in [2.05, 4.69) is 0 Å². The van der Waals surface area contributed by atoms with E-state index in [1.807, 2.05) is 24.3 Å². The van der Waals surface area contributed by atoms with Crippen molar-refractivity contribution in [1.82, 2.24) is 9.21 Å². The topological polar surface area (TPSA) is 77.9 Å². The zero-order valence-electron chi connectivity index (χ0n) is 16.0. The van der Waals surface area contributed by atoms with Crippen LogP contribution in [-0.4, -0.2) is 66.2 Å². The monoisotopic (exact) mass is 418 g/mol. The predicted molar refractivity (Wildman–Crippen MR) is 107 cm³/mol. The Morgan fingerprint density at radius 3 is 2.21 bits per heavy atom. The van der Waals surface area contributed by atoms with Gasteiger partial charge in [-0.15, -0.1) is 0 Å². The molecule has 2 heterocycles. The van der Waals surface area contributed by atoms with Crippen molar-refractivity contribution in [3.8, 4) is 11.1 Å². The number of fused-ring (bicyclic) bond motifs is 1. The largest absolute Gasteiger partial charge is 0.394 e. The first kappa shape index (κ1) is 20.0. The average molecular weight is 418 g/mol. The standard InChI is InChI=1S/C21H23FN2O4S/c1-2-29(27,28)23-11-18-21(19(13-25)24(18)20(26)12-23)16-5-3-14(4-6-16)15-7-9-17(22)10-8-15/h3-10,18-19,21,25H,2,11-13H2,1H3/t18-,19+,21+/m0/s1. The lowest BCUT2D eigenvalue weighted by Gasteiger charge is -2.58. The number of amides is 1. The summed E-state index contributed by atoms with van der Waals surface area (Å²) in [5, 5.41) is 9.84. The fourth-order valence-corrected chi connectivity index (χ4v) is 5.46. The summed E-state index contributed by atoms with van der Waals surface area (Å²) in [5.74, 6) is -0.746. The third-order valence-corrected chi connectivity index (χ3v) is 7.75. The summed E-state index contributed by atoms with van der Waals surface area (Å²) in [6.45, 7) is 1.46. The molecule has 2 aliphatic rings. The Balaban J connectivity index is 1.60. The molecular weight excluding hydrogens is 395 g/mol. The zero-order chi connectivity index (χ0) is 20.8. The molecule has 3 atom stereocenters. The van der Waals surface area contributed by atoms with Crippen LogP contribution in [0.1, 0.15) is 18.4 Å². The van der Waals surface area contributed by atoms with Crippen LogP contribution in [0.4, 0.5) is 4.39 Å². The molecule has 2 aliphatic heterocycles. The van der Waals surface area contributed by atoms with Crippen LogP contribution in [0.5, 0.6) is 0 Å². The van der Waals surface area contributed by atoms with Crippen molar-refractivity contribution in [1.29, 1.82) is 0 Å². The normalized spacial score (nSPS) is 24.9. The van der Waals surface area contributed by atoms with E-state index in [1.165, 1.54) is 16.4 Å². The summed E-state index contributed by atoms with van der Waals surface area (Å²) in [6.07, 6.45) is 0. The Morgan fingerprint density at radius 1 is 1.07 bits per heavy atom. The highest BCUT2D eigenvalue weighted by Crippen LogP contribution is 2.43. The lowest BCUT2D eigenvalue weighted by molar-refractivity contribution is -0.158. The van der Waals surface area contributed by atoms with Crippen molar-refractivity contribution in [2.75, 3.05) is 25.4 Å². The summed E-state index contributed by atoms with van der Waals surface area (Å²) in [6, 6.07) is 13.3. The molecule has 0 spiro atoms. The molecule has 0 aliphatic carbocycles. The number of carbonyl (C=O) groups is 1. The highest BCUT2D eigenvalue weighted by molar-refractivity contribution is 7.89. The molecule has 2 aromatic carbocycles. The van der Waals surface area contributed by atoms with Gasteiger partial charge in [0.05, 0.1) is 31.0 Å². The minimum Gasteiger partial charge on any atom is -0.394 e. The van der Waals surface area contributed by atoms with Crippen molar-refractivity contribution in [3.63, 3.8) is 0 Å². The van der Waals surface area contributed by atoms with Crippen molar-refractivity contribution in [2.45, 2.75) is 24.9 Å². The molecular formula is C21H23FN2O4S. The molecule has 0 radical (unpaired) electrons. The predicted octanol–water partition coefficient (Wildman–Crippen LogP) is 1.81. The Hall–Kier alpha value is -2.29. The molecule has 2 fully saturated rings. The number of sulfonamides is 1. The Labute approximate surface area is 169 Å². The second kappa shape index (κ2) is 7.51. The summed E-state index contributed by atoms with van der Waals surface area (Å²) in [7, 11) is -3.46. The summed E-state index contributed by atoms with van der Waals surface area (Å²) in [4.78, 5) is 14.1. The van der Waals surface area contributed by atoms with Gasteiger partial charge < -0.3 is 10.0 Å². The summed E-state index contributed by atoms with van der Waals surface area (Å²) < 4.78 is 38.9. The van der Waals surface area contributed by atoms with Crippen LogP contribution >= 0.6 is 0 Å². The van der Waals surface area contributed by atoms with Crippen LogP contribution in [0.3, 0.4) is 0 Å². The second-order valence-electron chi connectivity index (χ2n) is 7.47. The third-order valence-electron chi connectivity index (χ3n) is 5.95. The maximum atomic E-state index is 13.1. The highest BCUT2D eigenvalue weighted by atomic mass is 32.2. The Morgan fingerprint density at radius 2 is 1.66 bits per heavy atom. The molecule has 154 valence electrons. The van der Waals surface area contributed by atoms with E-state index < -0.39 is 10.0 Å². The van der Waals surface area contributed by atoms with E-state index in [-0.39, 0.29) is 55.2 Å². The van der Waals surface area contributed by atoms with Crippen LogP contribution < -0.4 is 0 Å². The minimum atomic E-state index is -3.46. The first-order valence-electron chi connectivity index (χ1n) is 9.61. The molecule has 1 N–H and O–H groups in total. The minimum absolute atomic E-state index is 0.0482. The van der Waals surface area contributed by atoms with Crippen molar-refractivity contribution < 1.29 is 22.7 Å². The first-order chi connectivity index (χ1) is 13.9. The molecule has 0 unspecified atom stereocenters. The lowest BCUT2D eigenvalue weighted by atomic mass is 9.74. The van der Waals surface area contributed by atoms with Gasteiger partial charge in [0, 0.05) is 12.5 Å². The maximum Gasteiger partial charge on any atom is 0.238 e. The number of aliphatic hydroxyl groups is 1. The highest BCUT2D eigenvalue weighted by Gasteiger charge is 2.55. The van der Waals surface area contributed by atoms with E-state index in [4.69, 9.17) is 0 Å². The number of piperazine rings is 1. The van der Waals surface area contributed by atoms with Gasteiger partial charge in [-0.05, 0) is 35.7 Å². The molecule has 0 aromatic heterocycles. The fourth-order valence-electron chi connectivity index (χ4n) is 4.40. The van der Waals surface area contributed by atoms with Crippen molar-refractivity contribution in [2.24, 2.45) is 0 Å². The van der Waals surface area contributed by atoms with Gasteiger partial charge in [0.15, 0.2) is 0 Å². The van der Waals surface area contributed by atoms with Crippen LogP contribution in [0.25, 0.3) is 11.1 Å². The molecule has 2 aromatic rings. The van der Waals surface area contributed by atoms with E-state index in [9.17, 15) is 22.7 Å². The van der Waals surface area contributed by atoms with E-state index in [0.717, 1.165) is 16.7 Å². The van der Waals surface area contributed by atoms with E-state index in [1.54, 1.807) is 24.0 Å². The van der Waals surface area contributed by atoms with Gasteiger partial charge in [-0.2, -0.15) is 4.31 Å². The van der Waals surface area contributed by atoms with Crippen LogP contribution in [0.2, 0.25) is 0 Å². The quantitative estimate of drug-likeness (QED) is 0.804. The maximum absolute atomic E-state index is 13.1. The lowest BCUT2D eigenvalue weighted by Crippen LogP contribution is -2.73. The first-order valence-corrected chi connectivity index (χ1v) is 11.2. The van der Waals surface area contributed by atoms with Crippen molar-refractivity contribution >= 4 is 15.9 Å². The van der Waals surface area contributed by atoms with Crippen LogP contribution in [-0.2, 0) is 14.8 Å². The number of hydrogen-bond donors (Lipinski definition) is 1. The van der Waals surface area contributed by atoms with Gasteiger partial charge in [0.1, 0.15) is 5.82 Å². The van der Waals surface area contributed by atoms with E-state index in [0.29, 0.717) is 0 Å². The van der Waals surface area contributed by atoms with Gasteiger partial charge in [-0.3, -0.25) is 4.79 Å². The summed E-state index contributed by atoms with van der Waals surface area (Å²) >= 11 is 0. The number of rotatable bonds is 5. The number of hydrogen-bond acceptors (Lipinski definition) is 4. The molecule has 4 rings (SSSR count). The number of nitrogens with zero attached hydrogens (tertiary/aromatic N) is 2. The molecule has 29 heavy (non-hydrogen) atoms. The Kier molecular flexibility index (Phi) is 5.18. The second-order valence-corrected chi connectivity index (χ2v) is 9.72. The average Bonchev–Trinajstić information content (AvgIpc) is 2.70. The molecule has 6 nitrogen and oxygen atoms in total. The molecule has 1 amide bonds. The van der Waals surface area contributed by atoms with Crippen molar-refractivity contribution in [3.05, 3.63) is 59.9 Å². The number of carbonyl (C=O) groups excluding carboxylic acids is 1. The van der Waals surface area contributed by atoms with E-state index >= 15 is 0 Å².